The van der Waals surface area contributed by atoms with Crippen LogP contribution in [0.2, 0.25) is 0 Å². The standard InChI is InChI=1S/C23H21N5O4S/c1-28-20-10-9-17(27-33(31,32)18-4-2-3-16(12-18)23(29)30)13-19(20)26-21(28)11-14-5-7-15(8-6-14)22(24)25/h2-10,12-13,27H,11H2,1H3,(H3,24,25)(H,29,30). The van der Waals surface area contributed by atoms with E-state index in [1.807, 2.05) is 23.7 Å². The summed E-state index contributed by atoms with van der Waals surface area (Å²) in [6.07, 6.45) is 0.548. The molecule has 1 aromatic heterocycles. The Labute approximate surface area is 190 Å². The van der Waals surface area contributed by atoms with E-state index >= 15 is 0 Å². The minimum Gasteiger partial charge on any atom is -0.478 e. The van der Waals surface area contributed by atoms with Crippen molar-refractivity contribution in [2.45, 2.75) is 11.3 Å². The predicted molar refractivity (Wildman–Crippen MR) is 125 cm³/mol. The van der Waals surface area contributed by atoms with E-state index in [1.165, 1.54) is 18.2 Å². The third kappa shape index (κ3) is 4.55. The topological polar surface area (TPSA) is 151 Å². The lowest BCUT2D eigenvalue weighted by Gasteiger charge is -2.09. The van der Waals surface area contributed by atoms with E-state index in [-0.39, 0.29) is 16.3 Å². The highest BCUT2D eigenvalue weighted by molar-refractivity contribution is 7.92. The number of anilines is 1. The van der Waals surface area contributed by atoms with Crippen molar-refractivity contribution in [3.8, 4) is 0 Å². The molecule has 33 heavy (non-hydrogen) atoms. The number of nitrogens with zero attached hydrogens (tertiary/aromatic N) is 2. The first-order valence-electron chi connectivity index (χ1n) is 9.89. The van der Waals surface area contributed by atoms with Crippen LogP contribution in [0.1, 0.15) is 27.3 Å². The van der Waals surface area contributed by atoms with Crippen molar-refractivity contribution in [2.75, 3.05) is 4.72 Å². The van der Waals surface area contributed by atoms with Gasteiger partial charge in [-0.25, -0.2) is 18.2 Å². The SMILES string of the molecule is Cn1c(Cc2ccc(C(=N)N)cc2)nc2cc(NS(=O)(=O)c3cccc(C(=O)O)c3)ccc21. The summed E-state index contributed by atoms with van der Waals surface area (Å²) in [6, 6.07) is 17.6. The highest BCUT2D eigenvalue weighted by Gasteiger charge is 2.17. The highest BCUT2D eigenvalue weighted by atomic mass is 32.2. The van der Waals surface area contributed by atoms with Crippen LogP contribution in [-0.2, 0) is 23.5 Å². The number of hydrogen-bond donors (Lipinski definition) is 4. The van der Waals surface area contributed by atoms with Crippen molar-refractivity contribution in [3.05, 3.63) is 89.2 Å². The van der Waals surface area contributed by atoms with Crippen LogP contribution in [0.4, 0.5) is 5.69 Å². The third-order valence-corrected chi connectivity index (χ3v) is 6.62. The molecular weight excluding hydrogens is 442 g/mol. The van der Waals surface area contributed by atoms with E-state index in [2.05, 4.69) is 9.71 Å². The van der Waals surface area contributed by atoms with Crippen LogP contribution in [0.25, 0.3) is 11.0 Å². The van der Waals surface area contributed by atoms with E-state index in [0.29, 0.717) is 23.2 Å². The molecular formula is C23H21N5O4S. The maximum absolute atomic E-state index is 12.7. The number of nitrogens with one attached hydrogen (secondary N) is 2. The number of benzene rings is 3. The average molecular weight is 464 g/mol. The van der Waals surface area contributed by atoms with Gasteiger partial charge >= 0.3 is 5.97 Å². The number of hydrogen-bond acceptors (Lipinski definition) is 5. The van der Waals surface area contributed by atoms with Gasteiger partial charge < -0.3 is 15.4 Å². The first-order chi connectivity index (χ1) is 15.6. The second kappa shape index (κ2) is 8.40. The molecule has 1 heterocycles. The minimum absolute atomic E-state index is 0.00829. The number of aromatic carboxylic acids is 1. The van der Waals surface area contributed by atoms with Gasteiger partial charge in [-0.05, 0) is 42.0 Å². The molecule has 0 aliphatic rings. The fourth-order valence-corrected chi connectivity index (χ4v) is 4.56. The number of carbonyl (C=O) groups is 1. The van der Waals surface area contributed by atoms with Gasteiger partial charge in [-0.15, -0.1) is 0 Å². The molecule has 168 valence electrons. The number of sulfonamides is 1. The number of carboxylic acid groups (broad SMARTS) is 1. The lowest BCUT2D eigenvalue weighted by atomic mass is 10.1. The molecule has 0 aliphatic heterocycles. The number of amidine groups is 1. The molecule has 3 aromatic carbocycles. The van der Waals surface area contributed by atoms with Gasteiger partial charge in [0.25, 0.3) is 10.0 Å². The van der Waals surface area contributed by atoms with Gasteiger partial charge in [0.1, 0.15) is 11.7 Å². The van der Waals surface area contributed by atoms with Gasteiger partial charge in [0, 0.05) is 19.0 Å². The predicted octanol–water partition coefficient (Wildman–Crippen LogP) is 2.95. The fraction of sp³-hybridized carbons (Fsp3) is 0.0870. The van der Waals surface area contributed by atoms with Crippen molar-refractivity contribution in [2.24, 2.45) is 12.8 Å². The van der Waals surface area contributed by atoms with Gasteiger partial charge in [-0.1, -0.05) is 30.3 Å². The first-order valence-corrected chi connectivity index (χ1v) is 11.4. The Kier molecular flexibility index (Phi) is 5.60. The molecule has 0 unspecified atom stereocenters. The largest absolute Gasteiger partial charge is 0.478 e. The van der Waals surface area contributed by atoms with Crippen LogP contribution < -0.4 is 10.5 Å². The zero-order chi connectivity index (χ0) is 23.8. The van der Waals surface area contributed by atoms with Crippen molar-refractivity contribution < 1.29 is 18.3 Å². The molecule has 0 saturated carbocycles. The van der Waals surface area contributed by atoms with E-state index in [9.17, 15) is 13.2 Å². The third-order valence-electron chi connectivity index (χ3n) is 5.24. The number of aryl methyl sites for hydroxylation is 1. The molecule has 9 nitrogen and oxygen atoms in total. The highest BCUT2D eigenvalue weighted by Crippen LogP contribution is 2.24. The second-order valence-electron chi connectivity index (χ2n) is 7.52. The lowest BCUT2D eigenvalue weighted by Crippen LogP contribution is -2.13. The minimum atomic E-state index is -3.98. The molecule has 0 fully saturated rings. The number of aromatic nitrogens is 2. The first kappa shape index (κ1) is 22.0. The van der Waals surface area contributed by atoms with Crippen molar-refractivity contribution in [3.63, 3.8) is 0 Å². The Morgan fingerprint density at radius 1 is 1.09 bits per heavy atom. The number of nitrogens with two attached hydrogens (primary N) is 1. The van der Waals surface area contributed by atoms with Gasteiger partial charge in [-0.2, -0.15) is 0 Å². The summed E-state index contributed by atoms with van der Waals surface area (Å²) in [4.78, 5) is 15.7. The Bertz CT molecular complexity index is 1490. The molecule has 5 N–H and O–H groups in total. The number of imidazole rings is 1. The number of rotatable bonds is 7. The summed E-state index contributed by atoms with van der Waals surface area (Å²) in [5.74, 6) is -0.408. The quantitative estimate of drug-likeness (QED) is 0.244. The van der Waals surface area contributed by atoms with Crippen LogP contribution in [0.5, 0.6) is 0 Å². The van der Waals surface area contributed by atoms with Crippen molar-refractivity contribution in [1.29, 1.82) is 5.41 Å². The van der Waals surface area contributed by atoms with E-state index in [1.54, 1.807) is 30.3 Å². The molecule has 4 aromatic rings. The summed E-state index contributed by atoms with van der Waals surface area (Å²) in [7, 11) is -2.09. The average Bonchev–Trinajstić information content (AvgIpc) is 3.08. The van der Waals surface area contributed by atoms with E-state index < -0.39 is 16.0 Å². The van der Waals surface area contributed by atoms with E-state index in [0.717, 1.165) is 23.0 Å². The van der Waals surface area contributed by atoms with Crippen molar-refractivity contribution >= 4 is 38.5 Å². The molecule has 0 radical (unpaired) electrons. The Morgan fingerprint density at radius 3 is 2.48 bits per heavy atom. The molecule has 10 heteroatoms. The van der Waals surface area contributed by atoms with Crippen LogP contribution in [-0.4, -0.2) is 34.9 Å². The molecule has 0 amide bonds. The molecule has 0 bridgehead atoms. The molecule has 0 atom stereocenters. The van der Waals surface area contributed by atoms with Crippen molar-refractivity contribution in [1.82, 2.24) is 9.55 Å². The summed E-state index contributed by atoms with van der Waals surface area (Å²) in [5, 5.41) is 16.6. The molecule has 0 saturated heterocycles. The fourth-order valence-electron chi connectivity index (χ4n) is 3.47. The Morgan fingerprint density at radius 2 is 1.82 bits per heavy atom. The zero-order valence-electron chi connectivity index (χ0n) is 17.6. The summed E-state index contributed by atoms with van der Waals surface area (Å²) >= 11 is 0. The Balaban J connectivity index is 1.60. The maximum Gasteiger partial charge on any atom is 0.335 e. The number of carboxylic acids is 1. The monoisotopic (exact) mass is 463 g/mol. The number of fused-ring (bicyclic) bond motifs is 1. The maximum atomic E-state index is 12.7. The van der Waals surface area contributed by atoms with Gasteiger partial charge in [0.05, 0.1) is 27.2 Å². The smallest absolute Gasteiger partial charge is 0.335 e. The van der Waals surface area contributed by atoms with Crippen LogP contribution in [0.15, 0.2) is 71.6 Å². The lowest BCUT2D eigenvalue weighted by molar-refractivity contribution is 0.0696. The summed E-state index contributed by atoms with van der Waals surface area (Å²) in [5.41, 5.74) is 8.80. The summed E-state index contributed by atoms with van der Waals surface area (Å²) < 4.78 is 29.9. The Hall–Kier alpha value is -4.18. The van der Waals surface area contributed by atoms with Crippen LogP contribution in [0, 0.1) is 5.41 Å². The molecule has 0 aliphatic carbocycles. The second-order valence-corrected chi connectivity index (χ2v) is 9.20. The normalized spacial score (nSPS) is 11.4. The molecule has 0 spiro atoms. The molecule has 4 rings (SSSR count). The zero-order valence-corrected chi connectivity index (χ0v) is 18.4. The van der Waals surface area contributed by atoms with Gasteiger partial charge in [-0.3, -0.25) is 10.1 Å². The number of nitrogen functional groups attached to an aromatic ring is 1. The van der Waals surface area contributed by atoms with Gasteiger partial charge in [0.15, 0.2) is 0 Å². The summed E-state index contributed by atoms with van der Waals surface area (Å²) in [6.45, 7) is 0. The van der Waals surface area contributed by atoms with Crippen LogP contribution >= 0.6 is 0 Å². The van der Waals surface area contributed by atoms with Gasteiger partial charge in [0.2, 0.25) is 0 Å². The van der Waals surface area contributed by atoms with Crippen LogP contribution in [0.3, 0.4) is 0 Å². The van der Waals surface area contributed by atoms with E-state index in [4.69, 9.17) is 16.2 Å².